The van der Waals surface area contributed by atoms with Crippen LogP contribution in [0.15, 0.2) is 0 Å². The number of rotatable bonds is 2. The highest BCUT2D eigenvalue weighted by Gasteiger charge is 2.45. The zero-order valence-corrected chi connectivity index (χ0v) is 13.7. The minimum atomic E-state index is -0.0305. The van der Waals surface area contributed by atoms with Crippen molar-refractivity contribution in [3.8, 4) is 0 Å². The van der Waals surface area contributed by atoms with Crippen molar-refractivity contribution in [3.63, 3.8) is 0 Å². The predicted octanol–water partition coefficient (Wildman–Crippen LogP) is 3.50. The van der Waals surface area contributed by atoms with Gasteiger partial charge in [0.2, 0.25) is 0 Å². The Morgan fingerprint density at radius 3 is 2.71 bits per heavy atom. The zero-order chi connectivity index (χ0) is 15.0. The Hall–Kier alpha value is -0.160. The molecule has 4 nitrogen and oxygen atoms in total. The Balaban J connectivity index is 1.71. The number of fused-ring (bicyclic) bond motifs is 1. The Labute approximate surface area is 129 Å². The van der Waals surface area contributed by atoms with Gasteiger partial charge in [0.1, 0.15) is 0 Å². The van der Waals surface area contributed by atoms with Crippen LogP contribution in [0, 0.1) is 28.2 Å². The highest BCUT2D eigenvalue weighted by atomic mass is 16.5. The number of quaternary nitrogens is 1. The molecule has 2 saturated heterocycles. The van der Waals surface area contributed by atoms with Crippen molar-refractivity contribution in [1.29, 1.82) is 0 Å². The molecule has 3 fully saturated rings. The highest BCUT2D eigenvalue weighted by Crippen LogP contribution is 2.46. The summed E-state index contributed by atoms with van der Waals surface area (Å²) in [7, 11) is 1.88. The fourth-order valence-corrected chi connectivity index (χ4v) is 5.38. The number of hydroxylamine groups is 5. The summed E-state index contributed by atoms with van der Waals surface area (Å²) in [5, 5.41) is 26.2. The molecule has 21 heavy (non-hydrogen) atoms. The summed E-state index contributed by atoms with van der Waals surface area (Å²) < 4.78 is -0.0305. The van der Waals surface area contributed by atoms with Crippen molar-refractivity contribution < 1.29 is 4.65 Å². The van der Waals surface area contributed by atoms with Gasteiger partial charge in [-0.2, -0.15) is 0 Å². The molecule has 0 spiro atoms. The first-order valence-corrected chi connectivity index (χ1v) is 8.97. The second-order valence-electron chi connectivity index (χ2n) is 8.13. The van der Waals surface area contributed by atoms with Crippen LogP contribution in [0.3, 0.4) is 0 Å². The van der Waals surface area contributed by atoms with E-state index in [0.29, 0.717) is 17.8 Å². The van der Waals surface area contributed by atoms with Gasteiger partial charge in [0.25, 0.3) is 0 Å². The molecule has 1 aliphatic carbocycles. The lowest BCUT2D eigenvalue weighted by Gasteiger charge is -2.57. The minimum absolute atomic E-state index is 0.0305. The fraction of sp³-hybridized carbons (Fsp3) is 1.00. The Morgan fingerprint density at radius 1 is 1.14 bits per heavy atom. The molecule has 2 aliphatic heterocycles. The number of hydrogen-bond acceptors (Lipinski definition) is 3. The van der Waals surface area contributed by atoms with E-state index in [1.54, 1.807) is 0 Å². The molecule has 0 aromatic rings. The Kier molecular flexibility index (Phi) is 4.60. The largest absolute Gasteiger partial charge is 0.785 e. The van der Waals surface area contributed by atoms with E-state index in [-0.39, 0.29) is 16.7 Å². The van der Waals surface area contributed by atoms with Gasteiger partial charge in [0.15, 0.2) is 0 Å². The van der Waals surface area contributed by atoms with Crippen LogP contribution in [0.5, 0.6) is 0 Å². The summed E-state index contributed by atoms with van der Waals surface area (Å²) in [5.74, 6) is 1.81. The first kappa shape index (κ1) is 15.7. The van der Waals surface area contributed by atoms with Gasteiger partial charge >= 0.3 is 0 Å². The van der Waals surface area contributed by atoms with E-state index in [9.17, 15) is 10.4 Å². The maximum absolute atomic E-state index is 12.8. The summed E-state index contributed by atoms with van der Waals surface area (Å²) in [6, 6.07) is 0.512. The zero-order valence-electron chi connectivity index (χ0n) is 13.7. The van der Waals surface area contributed by atoms with Crippen LogP contribution in [0.1, 0.15) is 58.3 Å². The standard InChI is InChI=1S/C17H31N2O2/c1-13-10-14(12-15-6-3-4-8-18(15)20)16-7-5-9-19(2,21)17(16)11-13/h13-17H,3-12H2,1-2H3/q-1/t13-,14-,15?,16-,17-,19-/m1/s1. The number of hydrogen-bond donors (Lipinski definition) is 0. The van der Waals surface area contributed by atoms with E-state index in [2.05, 4.69) is 6.92 Å². The monoisotopic (exact) mass is 295 g/mol. The van der Waals surface area contributed by atoms with Crippen molar-refractivity contribution in [2.45, 2.75) is 70.4 Å². The predicted molar refractivity (Wildman–Crippen MR) is 85.1 cm³/mol. The van der Waals surface area contributed by atoms with Crippen molar-refractivity contribution in [2.24, 2.45) is 17.8 Å². The lowest BCUT2D eigenvalue weighted by Crippen LogP contribution is -2.59. The molecule has 3 aliphatic rings. The minimum Gasteiger partial charge on any atom is -0.785 e. The molecule has 0 amide bonds. The molecule has 0 aromatic heterocycles. The highest BCUT2D eigenvalue weighted by molar-refractivity contribution is 4.91. The summed E-state index contributed by atoms with van der Waals surface area (Å²) in [4.78, 5) is 0. The van der Waals surface area contributed by atoms with Gasteiger partial charge in [-0.3, -0.25) is 0 Å². The molecule has 0 radical (unpaired) electrons. The summed E-state index contributed by atoms with van der Waals surface area (Å²) in [5.41, 5.74) is 0. The summed E-state index contributed by atoms with van der Waals surface area (Å²) in [6.45, 7) is 3.81. The molecule has 0 aromatic carbocycles. The Bertz CT molecular complexity index is 361. The van der Waals surface area contributed by atoms with Gasteiger partial charge in [0, 0.05) is 12.3 Å². The smallest absolute Gasteiger partial charge is 0.0919 e. The maximum atomic E-state index is 12.8. The van der Waals surface area contributed by atoms with E-state index < -0.39 is 0 Å². The van der Waals surface area contributed by atoms with Crippen LogP contribution in [-0.4, -0.2) is 41.9 Å². The summed E-state index contributed by atoms with van der Waals surface area (Å²) >= 11 is 0. The van der Waals surface area contributed by atoms with Gasteiger partial charge in [-0.1, -0.05) is 13.3 Å². The van der Waals surface area contributed by atoms with E-state index in [1.165, 1.54) is 24.3 Å². The lowest BCUT2D eigenvalue weighted by molar-refractivity contribution is -0.898. The van der Waals surface area contributed by atoms with Crippen LogP contribution < -0.4 is 0 Å². The fourth-order valence-electron chi connectivity index (χ4n) is 5.38. The summed E-state index contributed by atoms with van der Waals surface area (Å²) in [6.07, 6.45) is 8.96. The molecular weight excluding hydrogens is 264 g/mol. The third-order valence-electron chi connectivity index (χ3n) is 6.44. The third kappa shape index (κ3) is 3.29. The van der Waals surface area contributed by atoms with E-state index in [0.717, 1.165) is 45.2 Å². The first-order chi connectivity index (χ1) is 9.97. The molecular formula is C17H31N2O2-. The van der Waals surface area contributed by atoms with Crippen LogP contribution >= 0.6 is 0 Å². The normalized spacial score (nSPS) is 48.9. The topological polar surface area (TPSA) is 49.4 Å². The molecule has 0 N–H and O–H groups in total. The van der Waals surface area contributed by atoms with Crippen molar-refractivity contribution in [3.05, 3.63) is 10.4 Å². The van der Waals surface area contributed by atoms with Crippen LogP contribution in [0.2, 0.25) is 0 Å². The first-order valence-electron chi connectivity index (χ1n) is 8.97. The van der Waals surface area contributed by atoms with E-state index in [1.807, 2.05) is 7.05 Å². The van der Waals surface area contributed by atoms with Crippen LogP contribution in [0.4, 0.5) is 0 Å². The van der Waals surface area contributed by atoms with Gasteiger partial charge in [0.05, 0.1) is 19.6 Å². The van der Waals surface area contributed by atoms with Crippen LogP contribution in [0.25, 0.3) is 0 Å². The van der Waals surface area contributed by atoms with Crippen LogP contribution in [-0.2, 0) is 0 Å². The molecule has 4 heteroatoms. The van der Waals surface area contributed by atoms with Gasteiger partial charge < -0.3 is 20.1 Å². The number of likely N-dealkylation sites (tertiary alicyclic amines) is 1. The third-order valence-corrected chi connectivity index (χ3v) is 6.44. The molecule has 1 saturated carbocycles. The van der Waals surface area contributed by atoms with Gasteiger partial charge in [-0.25, -0.2) is 0 Å². The molecule has 3 rings (SSSR count). The average molecular weight is 295 g/mol. The number of piperidine rings is 2. The molecule has 6 atom stereocenters. The second kappa shape index (κ2) is 6.15. The Morgan fingerprint density at radius 2 is 1.95 bits per heavy atom. The van der Waals surface area contributed by atoms with E-state index in [4.69, 9.17) is 0 Å². The molecule has 0 bridgehead atoms. The molecule has 2 heterocycles. The SMILES string of the molecule is C[C@@H]1C[C@H](CC2CCCCN2[O-])[C@H]2CCC[N@@+](C)([O-])[C@@H]2C1. The maximum Gasteiger partial charge on any atom is 0.0919 e. The van der Waals surface area contributed by atoms with Crippen molar-refractivity contribution >= 4 is 0 Å². The van der Waals surface area contributed by atoms with E-state index >= 15 is 0 Å². The molecule has 1 unspecified atom stereocenters. The van der Waals surface area contributed by atoms with Crippen molar-refractivity contribution in [2.75, 3.05) is 20.1 Å². The quantitative estimate of drug-likeness (QED) is 0.578. The lowest BCUT2D eigenvalue weighted by atomic mass is 9.65. The van der Waals surface area contributed by atoms with Crippen molar-refractivity contribution in [1.82, 2.24) is 5.06 Å². The average Bonchev–Trinajstić information content (AvgIpc) is 2.42. The van der Waals surface area contributed by atoms with Gasteiger partial charge in [-0.05, 0) is 62.9 Å². The molecule has 122 valence electrons. The second-order valence-corrected chi connectivity index (χ2v) is 8.13. The van der Waals surface area contributed by atoms with Gasteiger partial charge in [-0.15, -0.1) is 0 Å². The number of nitrogens with zero attached hydrogens (tertiary/aromatic N) is 2.